The Kier molecular flexibility index (Phi) is 12.7. The van der Waals surface area contributed by atoms with Crippen LogP contribution in [0.2, 0.25) is 0 Å². The summed E-state index contributed by atoms with van der Waals surface area (Å²) in [5, 5.41) is 10.1. The summed E-state index contributed by atoms with van der Waals surface area (Å²) in [7, 11) is 3.24. The van der Waals surface area contributed by atoms with Crippen LogP contribution in [0.3, 0.4) is 0 Å². The molecule has 1 aliphatic heterocycles. The lowest BCUT2D eigenvalue weighted by atomic mass is 9.99. The molecule has 0 radical (unpaired) electrons. The summed E-state index contributed by atoms with van der Waals surface area (Å²) in [6.07, 6.45) is 1.41. The molecule has 9 nitrogen and oxygen atoms in total. The molecular weight excluding hydrogens is 508 g/mol. The van der Waals surface area contributed by atoms with Crippen LogP contribution >= 0.6 is 0 Å². The third-order valence-electron chi connectivity index (χ3n) is 7.27. The van der Waals surface area contributed by atoms with E-state index in [1.807, 2.05) is 56.0 Å². The molecule has 0 aromatic heterocycles. The van der Waals surface area contributed by atoms with Crippen LogP contribution in [0.15, 0.2) is 48.5 Å². The summed E-state index contributed by atoms with van der Waals surface area (Å²) >= 11 is 0. The van der Waals surface area contributed by atoms with E-state index in [1.165, 1.54) is 0 Å². The third kappa shape index (κ3) is 8.94. The minimum absolute atomic E-state index is 0.00179. The second-order valence-corrected chi connectivity index (χ2v) is 10.5. The monoisotopic (exact) mass is 554 g/mol. The molecule has 1 aliphatic rings. The lowest BCUT2D eigenvalue weighted by Gasteiger charge is -2.33. The fourth-order valence-electron chi connectivity index (χ4n) is 4.92. The van der Waals surface area contributed by atoms with Gasteiger partial charge in [0.2, 0.25) is 5.91 Å². The Morgan fingerprint density at radius 3 is 2.50 bits per heavy atom. The van der Waals surface area contributed by atoms with Gasteiger partial charge in [-0.15, -0.1) is 0 Å². The largest absolute Gasteiger partial charge is 0.493 e. The average molecular weight is 555 g/mol. The second-order valence-electron chi connectivity index (χ2n) is 10.5. The van der Waals surface area contributed by atoms with Crippen LogP contribution in [0, 0.1) is 5.92 Å². The number of hydrogen-bond acceptors (Lipinski definition) is 7. The van der Waals surface area contributed by atoms with E-state index in [9.17, 15) is 9.59 Å². The number of ether oxygens (including phenoxy) is 3. The number of carbonyl (C=O) groups is 2. The quantitative estimate of drug-likeness (QED) is 0.274. The summed E-state index contributed by atoms with van der Waals surface area (Å²) < 4.78 is 16.4. The molecule has 2 aromatic carbocycles. The van der Waals surface area contributed by atoms with Gasteiger partial charge in [-0.3, -0.25) is 9.59 Å². The normalized spacial score (nSPS) is 17.4. The van der Waals surface area contributed by atoms with Crippen molar-refractivity contribution in [1.82, 2.24) is 20.9 Å². The molecule has 3 atom stereocenters. The molecule has 40 heavy (non-hydrogen) atoms. The zero-order valence-corrected chi connectivity index (χ0v) is 24.6. The maximum absolute atomic E-state index is 13.7. The number of hydrogen-bond donors (Lipinski definition) is 3. The minimum Gasteiger partial charge on any atom is -0.493 e. The van der Waals surface area contributed by atoms with Gasteiger partial charge in [-0.05, 0) is 44.0 Å². The van der Waals surface area contributed by atoms with E-state index in [-0.39, 0.29) is 35.9 Å². The highest BCUT2D eigenvalue weighted by atomic mass is 16.5. The third-order valence-corrected chi connectivity index (χ3v) is 7.27. The minimum atomic E-state index is -0.307. The van der Waals surface area contributed by atoms with Crippen molar-refractivity contribution in [3.8, 4) is 11.5 Å². The molecule has 3 N–H and O–H groups in total. The summed E-state index contributed by atoms with van der Waals surface area (Å²) in [4.78, 5) is 28.6. The fraction of sp³-hybridized carbons (Fsp3) is 0.548. The van der Waals surface area contributed by atoms with Gasteiger partial charge < -0.3 is 35.1 Å². The van der Waals surface area contributed by atoms with Crippen molar-refractivity contribution in [1.29, 1.82) is 0 Å². The summed E-state index contributed by atoms with van der Waals surface area (Å²) in [6, 6.07) is 15.0. The van der Waals surface area contributed by atoms with Crippen molar-refractivity contribution in [2.24, 2.45) is 5.92 Å². The van der Waals surface area contributed by atoms with Gasteiger partial charge in [0, 0.05) is 69.9 Å². The van der Waals surface area contributed by atoms with Crippen molar-refractivity contribution in [2.45, 2.75) is 58.3 Å². The number of amides is 2. The van der Waals surface area contributed by atoms with Crippen LogP contribution in [0.5, 0.6) is 11.5 Å². The molecule has 2 amide bonds. The molecule has 1 heterocycles. The molecule has 2 unspecified atom stereocenters. The number of nitrogens with zero attached hydrogens (tertiary/aromatic N) is 1. The van der Waals surface area contributed by atoms with E-state index in [4.69, 9.17) is 14.2 Å². The van der Waals surface area contributed by atoms with Gasteiger partial charge in [0.15, 0.2) is 11.5 Å². The second kappa shape index (κ2) is 16.2. The predicted octanol–water partition coefficient (Wildman–Crippen LogP) is 3.23. The van der Waals surface area contributed by atoms with Crippen LogP contribution < -0.4 is 25.4 Å². The number of rotatable bonds is 16. The Hall–Kier alpha value is -3.14. The van der Waals surface area contributed by atoms with E-state index in [0.717, 1.165) is 25.1 Å². The zero-order valence-electron chi connectivity index (χ0n) is 24.6. The molecular formula is C31H46N4O5. The van der Waals surface area contributed by atoms with E-state index < -0.39 is 0 Å². The van der Waals surface area contributed by atoms with Crippen LogP contribution in [0.1, 0.15) is 49.5 Å². The van der Waals surface area contributed by atoms with Crippen LogP contribution in [0.25, 0.3) is 0 Å². The lowest BCUT2D eigenvalue weighted by Crippen LogP contribution is -2.52. The Bertz CT molecular complexity index is 1060. The molecule has 2 aromatic rings. The maximum atomic E-state index is 13.7. The molecule has 1 fully saturated rings. The molecule has 0 spiro atoms. The smallest absolute Gasteiger partial charge is 0.254 e. The molecule has 0 aliphatic carbocycles. The predicted molar refractivity (Wildman–Crippen MR) is 157 cm³/mol. The Morgan fingerprint density at radius 1 is 1.05 bits per heavy atom. The first-order valence-electron chi connectivity index (χ1n) is 14.3. The van der Waals surface area contributed by atoms with Gasteiger partial charge >= 0.3 is 0 Å². The molecule has 220 valence electrons. The van der Waals surface area contributed by atoms with Crippen LogP contribution in [-0.4, -0.2) is 81.9 Å². The van der Waals surface area contributed by atoms with Gasteiger partial charge in [0.1, 0.15) is 0 Å². The summed E-state index contributed by atoms with van der Waals surface area (Å²) in [5.74, 6) is 1.22. The fourth-order valence-corrected chi connectivity index (χ4v) is 4.92. The highest BCUT2D eigenvalue weighted by Gasteiger charge is 2.34. The van der Waals surface area contributed by atoms with E-state index in [1.54, 1.807) is 32.4 Å². The number of carbonyl (C=O) groups excluding carboxylic acids is 2. The van der Waals surface area contributed by atoms with Crippen LogP contribution in [0.4, 0.5) is 0 Å². The van der Waals surface area contributed by atoms with Gasteiger partial charge in [0.25, 0.3) is 5.91 Å². The topological polar surface area (TPSA) is 101 Å². The van der Waals surface area contributed by atoms with Crippen molar-refractivity contribution in [3.05, 3.63) is 59.7 Å². The lowest BCUT2D eigenvalue weighted by molar-refractivity contribution is -0.123. The van der Waals surface area contributed by atoms with Gasteiger partial charge in [-0.25, -0.2) is 0 Å². The standard InChI is InChI=1S/C31H46N4O5/c1-6-26(30(36)33-18-23-11-8-7-9-12-23)34-27-20-32-19-25(27)21-35(22(2)3)31(37)24-13-14-28(39-5)29(17-24)40-16-10-15-38-4/h7-9,11-14,17,22,25-27,32,34H,6,10,15-16,18-21H2,1-5H3,(H,33,36)/t25?,26?,27-/m1/s1. The highest BCUT2D eigenvalue weighted by molar-refractivity contribution is 5.95. The summed E-state index contributed by atoms with van der Waals surface area (Å²) in [5.41, 5.74) is 1.62. The molecule has 0 saturated carbocycles. The van der Waals surface area contributed by atoms with Crippen molar-refractivity contribution >= 4 is 11.8 Å². The number of benzene rings is 2. The molecule has 9 heteroatoms. The first kappa shape index (κ1) is 31.4. The zero-order chi connectivity index (χ0) is 28.9. The Balaban J connectivity index is 1.65. The average Bonchev–Trinajstić information content (AvgIpc) is 3.42. The first-order valence-corrected chi connectivity index (χ1v) is 14.3. The van der Waals surface area contributed by atoms with E-state index in [0.29, 0.717) is 49.8 Å². The maximum Gasteiger partial charge on any atom is 0.254 e. The van der Waals surface area contributed by atoms with Crippen molar-refractivity contribution < 1.29 is 23.8 Å². The molecule has 3 rings (SSSR count). The Morgan fingerprint density at radius 2 is 1.82 bits per heavy atom. The highest BCUT2D eigenvalue weighted by Crippen LogP contribution is 2.29. The van der Waals surface area contributed by atoms with E-state index in [2.05, 4.69) is 16.0 Å². The van der Waals surface area contributed by atoms with Crippen molar-refractivity contribution in [2.75, 3.05) is 47.1 Å². The van der Waals surface area contributed by atoms with Gasteiger partial charge in [-0.1, -0.05) is 37.3 Å². The van der Waals surface area contributed by atoms with Gasteiger partial charge in [-0.2, -0.15) is 0 Å². The molecule has 0 bridgehead atoms. The Labute approximate surface area is 238 Å². The van der Waals surface area contributed by atoms with Gasteiger partial charge in [0.05, 0.1) is 19.8 Å². The first-order chi connectivity index (χ1) is 19.4. The number of nitrogens with one attached hydrogen (secondary N) is 3. The van der Waals surface area contributed by atoms with Crippen LogP contribution in [-0.2, 0) is 16.1 Å². The number of methoxy groups -OCH3 is 2. The van der Waals surface area contributed by atoms with E-state index >= 15 is 0 Å². The molecule has 1 saturated heterocycles. The summed E-state index contributed by atoms with van der Waals surface area (Å²) in [6.45, 7) is 9.72. The SMILES string of the molecule is CCC(N[C@@H]1CNCC1CN(C(=O)c1ccc(OC)c(OCCCOC)c1)C(C)C)C(=O)NCc1ccccc1. The van der Waals surface area contributed by atoms with Crippen molar-refractivity contribution in [3.63, 3.8) is 0 Å².